The summed E-state index contributed by atoms with van der Waals surface area (Å²) in [5.41, 5.74) is 3.41. The molecule has 118 valence electrons. The van der Waals surface area contributed by atoms with E-state index in [1.165, 1.54) is 25.8 Å². The van der Waals surface area contributed by atoms with E-state index in [-0.39, 0.29) is 5.63 Å². The van der Waals surface area contributed by atoms with Crippen LogP contribution in [0.15, 0.2) is 21.3 Å². The number of hydrogen-bond acceptors (Lipinski definition) is 2. The summed E-state index contributed by atoms with van der Waals surface area (Å²) >= 11 is 6.41. The molecule has 3 nitrogen and oxygen atoms in total. The second kappa shape index (κ2) is 6.05. The van der Waals surface area contributed by atoms with Gasteiger partial charge >= 0.3 is 5.63 Å². The number of benzene rings is 1. The third kappa shape index (κ3) is 2.80. The van der Waals surface area contributed by atoms with Crippen molar-refractivity contribution in [2.24, 2.45) is 0 Å². The number of piperidine rings is 1. The quantitative estimate of drug-likeness (QED) is 0.863. The number of hydrogen-bond donors (Lipinski definition) is 1. The second-order valence-electron chi connectivity index (χ2n) is 6.58. The minimum absolute atomic E-state index is 0.271. The second-order valence-corrected chi connectivity index (χ2v) is 6.96. The summed E-state index contributed by atoms with van der Waals surface area (Å²) in [5, 5.41) is 1.78. The van der Waals surface area contributed by atoms with E-state index >= 15 is 0 Å². The number of fused-ring (bicyclic) bond motifs is 1. The average Bonchev–Trinajstić information content (AvgIpc) is 2.46. The Morgan fingerprint density at radius 2 is 2.09 bits per heavy atom. The van der Waals surface area contributed by atoms with Crippen LogP contribution >= 0.6 is 11.6 Å². The lowest BCUT2D eigenvalue weighted by atomic mass is 9.99. The van der Waals surface area contributed by atoms with Crippen LogP contribution in [0.5, 0.6) is 0 Å². The molecule has 4 heteroatoms. The predicted molar refractivity (Wildman–Crippen MR) is 89.8 cm³/mol. The average molecular weight is 321 g/mol. The molecule has 22 heavy (non-hydrogen) atoms. The van der Waals surface area contributed by atoms with Crippen molar-refractivity contribution < 1.29 is 9.32 Å². The fourth-order valence-electron chi connectivity index (χ4n) is 3.65. The summed E-state index contributed by atoms with van der Waals surface area (Å²) in [5.74, 6) is 0. The van der Waals surface area contributed by atoms with Gasteiger partial charge in [0.2, 0.25) is 0 Å². The van der Waals surface area contributed by atoms with E-state index in [0.717, 1.165) is 33.6 Å². The molecule has 1 aromatic heterocycles. The van der Waals surface area contributed by atoms with Gasteiger partial charge in [0, 0.05) is 22.0 Å². The van der Waals surface area contributed by atoms with Crippen molar-refractivity contribution in [2.45, 2.75) is 52.6 Å². The van der Waals surface area contributed by atoms with Gasteiger partial charge in [-0.2, -0.15) is 0 Å². The van der Waals surface area contributed by atoms with Gasteiger partial charge in [0.15, 0.2) is 0 Å². The van der Waals surface area contributed by atoms with Gasteiger partial charge in [-0.05, 0) is 57.2 Å². The summed E-state index contributed by atoms with van der Waals surface area (Å²) in [6, 6.07) is 4.16. The highest BCUT2D eigenvalue weighted by Crippen LogP contribution is 2.30. The molecule has 0 bridgehead atoms. The van der Waals surface area contributed by atoms with Crippen LogP contribution in [-0.2, 0) is 6.54 Å². The first-order valence-electron chi connectivity index (χ1n) is 8.04. The molecule has 3 rings (SSSR count). The molecule has 0 radical (unpaired) electrons. The molecule has 2 atom stereocenters. The summed E-state index contributed by atoms with van der Waals surface area (Å²) < 4.78 is 5.41. The predicted octanol–water partition coefficient (Wildman–Crippen LogP) is 3.02. The third-order valence-electron chi connectivity index (χ3n) is 4.97. The molecule has 1 aliphatic rings. The van der Waals surface area contributed by atoms with Crippen molar-refractivity contribution in [3.05, 3.63) is 44.3 Å². The molecule has 1 saturated heterocycles. The lowest BCUT2D eigenvalue weighted by molar-refractivity contribution is -0.941. The van der Waals surface area contributed by atoms with Gasteiger partial charge in [-0.1, -0.05) is 11.6 Å². The van der Waals surface area contributed by atoms with Gasteiger partial charge < -0.3 is 9.32 Å². The molecule has 1 unspecified atom stereocenters. The number of aryl methyl sites for hydroxylation is 2. The minimum Gasteiger partial charge on any atom is -0.423 e. The SMILES string of the molecule is Cc1cc2oc(=O)cc(C[NH+]3CCCC[C@@H]3C)c2c(C)c1Cl. The van der Waals surface area contributed by atoms with Gasteiger partial charge in [-0.25, -0.2) is 4.79 Å². The number of halogens is 1. The molecule has 1 aliphatic heterocycles. The summed E-state index contributed by atoms with van der Waals surface area (Å²) in [4.78, 5) is 13.5. The fourth-order valence-corrected chi connectivity index (χ4v) is 3.80. The first kappa shape index (κ1) is 15.6. The number of quaternary nitrogens is 1. The molecular formula is C18H23ClNO2+. The van der Waals surface area contributed by atoms with Gasteiger partial charge in [-0.3, -0.25) is 0 Å². The normalized spacial score (nSPS) is 22.2. The molecule has 2 heterocycles. The monoisotopic (exact) mass is 320 g/mol. The van der Waals surface area contributed by atoms with Crippen LogP contribution in [0.2, 0.25) is 5.02 Å². The summed E-state index contributed by atoms with van der Waals surface area (Å²) in [7, 11) is 0. The Kier molecular flexibility index (Phi) is 4.28. The van der Waals surface area contributed by atoms with Crippen LogP contribution in [0.4, 0.5) is 0 Å². The molecular weight excluding hydrogens is 298 g/mol. The van der Waals surface area contributed by atoms with E-state index in [0.29, 0.717) is 11.6 Å². The van der Waals surface area contributed by atoms with E-state index in [1.807, 2.05) is 19.9 Å². The van der Waals surface area contributed by atoms with Crippen molar-refractivity contribution >= 4 is 22.6 Å². The number of likely N-dealkylation sites (tertiary alicyclic amines) is 1. The molecule has 0 spiro atoms. The Morgan fingerprint density at radius 1 is 1.32 bits per heavy atom. The summed E-state index contributed by atoms with van der Waals surface area (Å²) in [6.45, 7) is 8.28. The van der Waals surface area contributed by atoms with Crippen LogP contribution < -0.4 is 10.5 Å². The van der Waals surface area contributed by atoms with Gasteiger partial charge in [0.25, 0.3) is 0 Å². The van der Waals surface area contributed by atoms with E-state index < -0.39 is 0 Å². The minimum atomic E-state index is -0.271. The number of rotatable bonds is 2. The smallest absolute Gasteiger partial charge is 0.336 e. The molecule has 1 N–H and O–H groups in total. The van der Waals surface area contributed by atoms with Crippen LogP contribution in [0.25, 0.3) is 11.0 Å². The van der Waals surface area contributed by atoms with Gasteiger partial charge in [0.1, 0.15) is 12.1 Å². The Balaban J connectivity index is 2.12. The zero-order valence-corrected chi connectivity index (χ0v) is 14.2. The fraction of sp³-hybridized carbons (Fsp3) is 0.500. The molecule has 0 amide bonds. The van der Waals surface area contributed by atoms with Crippen molar-refractivity contribution in [3.8, 4) is 0 Å². The first-order chi connectivity index (χ1) is 10.5. The Hall–Kier alpha value is -1.32. The molecule has 0 saturated carbocycles. The van der Waals surface area contributed by atoms with Crippen molar-refractivity contribution in [3.63, 3.8) is 0 Å². The Morgan fingerprint density at radius 3 is 2.82 bits per heavy atom. The Bertz CT molecular complexity index is 766. The summed E-state index contributed by atoms with van der Waals surface area (Å²) in [6.07, 6.45) is 3.83. The van der Waals surface area contributed by atoms with Crippen molar-refractivity contribution in [2.75, 3.05) is 6.54 Å². The van der Waals surface area contributed by atoms with Crippen LogP contribution in [-0.4, -0.2) is 12.6 Å². The first-order valence-corrected chi connectivity index (χ1v) is 8.42. The molecule has 1 aromatic carbocycles. The third-order valence-corrected chi connectivity index (χ3v) is 5.55. The van der Waals surface area contributed by atoms with Crippen LogP contribution in [0, 0.1) is 13.8 Å². The Labute approximate surface area is 135 Å². The highest BCUT2D eigenvalue weighted by atomic mass is 35.5. The lowest BCUT2D eigenvalue weighted by Gasteiger charge is -2.30. The van der Waals surface area contributed by atoms with Gasteiger partial charge in [0.05, 0.1) is 12.6 Å². The zero-order valence-electron chi connectivity index (χ0n) is 13.5. The van der Waals surface area contributed by atoms with E-state index in [2.05, 4.69) is 6.92 Å². The van der Waals surface area contributed by atoms with E-state index in [1.54, 1.807) is 11.0 Å². The standard InChI is InChI=1S/C18H22ClNO2/c1-11-8-15-17(13(3)18(11)19)14(9-16(21)22-15)10-20-7-5-4-6-12(20)2/h8-9,12H,4-7,10H2,1-3H3/p+1/t12-/m0/s1. The molecule has 2 aromatic rings. The largest absolute Gasteiger partial charge is 0.423 e. The molecule has 1 fully saturated rings. The maximum Gasteiger partial charge on any atom is 0.336 e. The highest BCUT2D eigenvalue weighted by Gasteiger charge is 2.24. The maximum absolute atomic E-state index is 11.9. The maximum atomic E-state index is 11.9. The number of nitrogens with one attached hydrogen (secondary N) is 1. The topological polar surface area (TPSA) is 34.6 Å². The van der Waals surface area contributed by atoms with E-state index in [9.17, 15) is 4.79 Å². The zero-order chi connectivity index (χ0) is 15.9. The van der Waals surface area contributed by atoms with E-state index in [4.69, 9.17) is 16.0 Å². The van der Waals surface area contributed by atoms with Crippen molar-refractivity contribution in [1.82, 2.24) is 0 Å². The van der Waals surface area contributed by atoms with Crippen molar-refractivity contribution in [1.29, 1.82) is 0 Å². The van der Waals surface area contributed by atoms with Gasteiger partial charge in [-0.15, -0.1) is 0 Å². The van der Waals surface area contributed by atoms with Crippen LogP contribution in [0.3, 0.4) is 0 Å². The lowest BCUT2D eigenvalue weighted by Crippen LogP contribution is -3.14. The molecule has 0 aliphatic carbocycles. The highest BCUT2D eigenvalue weighted by molar-refractivity contribution is 6.33. The van der Waals surface area contributed by atoms with Crippen LogP contribution in [0.1, 0.15) is 42.9 Å².